The van der Waals surface area contributed by atoms with Crippen molar-refractivity contribution in [1.29, 1.82) is 0 Å². The number of ether oxygens (including phenoxy) is 3. The van der Waals surface area contributed by atoms with E-state index in [1.165, 1.54) is 164 Å². The summed E-state index contributed by atoms with van der Waals surface area (Å²) in [6.45, 7) is 26.6. The lowest BCUT2D eigenvalue weighted by Crippen LogP contribution is -2.47. The molecule has 0 radical (unpaired) electrons. The van der Waals surface area contributed by atoms with Crippen LogP contribution in [-0.2, 0) is 23.8 Å². The third kappa shape index (κ3) is 26.9. The average molecular weight is 1060 g/mol. The fourth-order valence-electron chi connectivity index (χ4n) is 12.2. The van der Waals surface area contributed by atoms with Gasteiger partial charge < -0.3 is 14.2 Å². The Morgan fingerprint density at radius 3 is 1.32 bits per heavy atom. The zero-order valence-corrected chi connectivity index (χ0v) is 51.9. The molecule has 0 amide bonds. The Balaban J connectivity index is 1.34. The molecule has 0 unspecified atom stereocenters. The summed E-state index contributed by atoms with van der Waals surface area (Å²) in [4.78, 5) is 25.7. The standard InChI is InChI=1S/C72H116O5/c1-13-15-17-19-21-23-25-27-29-31-33-35-37-49-67(73)75-64-55-63(7)66(69(8,9)56-64)52-51-61(5)47-41-45-59(3)43-39-40-44-60(4)46-42-48-62(6)53-54-72-70(10,11)57-65(58-71(72,12)77-72)76-68(74)50-38-36-34-32-30-28-26-24-22-20-18-16-14-2/h39-48,51-55,64-66H,13-38,49-50,56-58H2,1-12H3/b40-39+,45-41+,46-42+,52-51+,54-53+,59-43+,60-44+,61-47+,62-48+/t64-,65-,66-,71+,72-/m0/s1. The number of epoxide rings is 1. The molecular formula is C72H116O5. The van der Waals surface area contributed by atoms with Gasteiger partial charge in [-0.05, 0) is 84.8 Å². The molecule has 0 spiro atoms. The van der Waals surface area contributed by atoms with E-state index < -0.39 is 0 Å². The number of hydrogen-bond donors (Lipinski definition) is 0. The van der Waals surface area contributed by atoms with Gasteiger partial charge in [-0.25, -0.2) is 0 Å². The Kier molecular flexibility index (Phi) is 32.7. The minimum Gasteiger partial charge on any atom is -0.462 e. The van der Waals surface area contributed by atoms with Crippen molar-refractivity contribution >= 4 is 11.9 Å². The summed E-state index contributed by atoms with van der Waals surface area (Å²) in [7, 11) is 0. The first-order chi connectivity index (χ1) is 36.9. The molecule has 5 nitrogen and oxygen atoms in total. The molecule has 2 aliphatic carbocycles. The number of fused-ring (bicyclic) bond motifs is 1. The number of allylic oxidation sites excluding steroid dienone is 18. The first-order valence-corrected chi connectivity index (χ1v) is 31.7. The van der Waals surface area contributed by atoms with E-state index in [0.717, 1.165) is 50.5 Å². The molecule has 0 bridgehead atoms. The monoisotopic (exact) mass is 1060 g/mol. The van der Waals surface area contributed by atoms with Crippen LogP contribution in [0.5, 0.6) is 0 Å². The minimum atomic E-state index is -0.357. The Morgan fingerprint density at radius 1 is 0.506 bits per heavy atom. The van der Waals surface area contributed by atoms with Crippen molar-refractivity contribution < 1.29 is 23.8 Å². The molecule has 434 valence electrons. The van der Waals surface area contributed by atoms with Crippen LogP contribution in [0.1, 0.15) is 282 Å². The second-order valence-corrected chi connectivity index (χ2v) is 25.5. The second-order valence-electron chi connectivity index (χ2n) is 25.5. The van der Waals surface area contributed by atoms with Crippen LogP contribution >= 0.6 is 0 Å². The lowest BCUT2D eigenvalue weighted by molar-refractivity contribution is -0.153. The van der Waals surface area contributed by atoms with Crippen molar-refractivity contribution in [3.63, 3.8) is 0 Å². The second kappa shape index (κ2) is 37.3. The van der Waals surface area contributed by atoms with Crippen LogP contribution in [0.3, 0.4) is 0 Å². The Bertz CT molecular complexity index is 2030. The van der Waals surface area contributed by atoms with Crippen molar-refractivity contribution in [2.45, 2.75) is 306 Å². The van der Waals surface area contributed by atoms with Crippen molar-refractivity contribution in [1.82, 2.24) is 0 Å². The van der Waals surface area contributed by atoms with Crippen LogP contribution in [0.2, 0.25) is 0 Å². The van der Waals surface area contributed by atoms with Gasteiger partial charge in [0.15, 0.2) is 0 Å². The van der Waals surface area contributed by atoms with Gasteiger partial charge in [0.1, 0.15) is 23.4 Å². The van der Waals surface area contributed by atoms with Gasteiger partial charge in [0.25, 0.3) is 0 Å². The molecule has 1 saturated carbocycles. The third-order valence-electron chi connectivity index (χ3n) is 16.9. The number of rotatable bonds is 40. The van der Waals surface area contributed by atoms with Gasteiger partial charge in [0.2, 0.25) is 0 Å². The first kappa shape index (κ1) is 67.6. The Morgan fingerprint density at radius 2 is 0.896 bits per heavy atom. The normalized spacial score (nSPS) is 23.9. The molecule has 2 fully saturated rings. The predicted octanol–water partition coefficient (Wildman–Crippen LogP) is 21.7. The summed E-state index contributed by atoms with van der Waals surface area (Å²) >= 11 is 0. The van der Waals surface area contributed by atoms with Crippen LogP contribution in [0.15, 0.2) is 119 Å². The van der Waals surface area contributed by atoms with Crippen LogP contribution in [0.4, 0.5) is 0 Å². The van der Waals surface area contributed by atoms with Crippen LogP contribution in [-0.4, -0.2) is 35.3 Å². The molecule has 0 aromatic heterocycles. The smallest absolute Gasteiger partial charge is 0.306 e. The highest BCUT2D eigenvalue weighted by atomic mass is 16.6. The molecule has 1 saturated heterocycles. The average Bonchev–Trinajstić information content (AvgIpc) is 4.17. The number of carbonyl (C=O) groups is 2. The fraction of sp³-hybridized carbons (Fsp3) is 0.694. The summed E-state index contributed by atoms with van der Waals surface area (Å²) in [6.07, 6.45) is 69.5. The molecule has 0 aromatic carbocycles. The van der Waals surface area contributed by atoms with E-state index in [9.17, 15) is 9.59 Å². The molecule has 0 N–H and O–H groups in total. The summed E-state index contributed by atoms with van der Waals surface area (Å²) in [5.41, 5.74) is 5.13. The minimum absolute atomic E-state index is 0.00803. The topological polar surface area (TPSA) is 65.1 Å². The predicted molar refractivity (Wildman–Crippen MR) is 332 cm³/mol. The van der Waals surface area contributed by atoms with Gasteiger partial charge in [-0.3, -0.25) is 9.59 Å². The van der Waals surface area contributed by atoms with E-state index in [0.29, 0.717) is 18.8 Å². The number of esters is 2. The van der Waals surface area contributed by atoms with Crippen LogP contribution < -0.4 is 0 Å². The van der Waals surface area contributed by atoms with Crippen molar-refractivity contribution in [2.75, 3.05) is 0 Å². The lowest BCUT2D eigenvalue weighted by Gasteiger charge is -2.40. The van der Waals surface area contributed by atoms with Gasteiger partial charge in [0.05, 0.1) is 0 Å². The molecule has 77 heavy (non-hydrogen) atoms. The van der Waals surface area contributed by atoms with Gasteiger partial charge in [0, 0.05) is 30.6 Å². The van der Waals surface area contributed by atoms with E-state index in [1.807, 2.05) is 0 Å². The maximum atomic E-state index is 12.9. The highest BCUT2D eigenvalue weighted by Gasteiger charge is 2.75. The van der Waals surface area contributed by atoms with Crippen molar-refractivity contribution in [3.8, 4) is 0 Å². The number of unbranched alkanes of at least 4 members (excludes halogenated alkanes) is 24. The summed E-state index contributed by atoms with van der Waals surface area (Å²) in [5, 5.41) is 0. The van der Waals surface area contributed by atoms with Gasteiger partial charge >= 0.3 is 11.9 Å². The van der Waals surface area contributed by atoms with Crippen LogP contribution in [0.25, 0.3) is 0 Å². The fourth-order valence-corrected chi connectivity index (χ4v) is 12.2. The van der Waals surface area contributed by atoms with E-state index >= 15 is 0 Å². The molecular weight excluding hydrogens is 945 g/mol. The Labute approximate surface area is 474 Å². The van der Waals surface area contributed by atoms with E-state index in [4.69, 9.17) is 14.2 Å². The highest BCUT2D eigenvalue weighted by molar-refractivity contribution is 5.70. The molecule has 3 aliphatic rings. The van der Waals surface area contributed by atoms with Gasteiger partial charge in [-0.15, -0.1) is 0 Å². The maximum absolute atomic E-state index is 12.9. The Hall–Kier alpha value is -3.70. The number of carbonyl (C=O) groups excluding carboxylic acids is 2. The largest absolute Gasteiger partial charge is 0.462 e. The molecule has 0 aromatic rings. The third-order valence-corrected chi connectivity index (χ3v) is 16.9. The summed E-state index contributed by atoms with van der Waals surface area (Å²) < 4.78 is 18.6. The molecule has 3 rings (SSSR count). The van der Waals surface area contributed by atoms with Crippen molar-refractivity contribution in [3.05, 3.63) is 119 Å². The summed E-state index contributed by atoms with van der Waals surface area (Å²) in [6, 6.07) is 0. The quantitative estimate of drug-likeness (QED) is 0.0201. The molecule has 5 heteroatoms. The van der Waals surface area contributed by atoms with E-state index in [1.54, 1.807) is 0 Å². The maximum Gasteiger partial charge on any atom is 0.306 e. The number of hydrogen-bond acceptors (Lipinski definition) is 5. The SMILES string of the molecule is CCCCCCCCCCCCCCCC(=O)O[C@H]1CC(C)(C)[C@]2(/C=C/C(C)=C/C=C/C(C)=C/C=C/C=C(C)/C=C/C=C(C)/C=C/[C@H]3C(C)=C[C@H](OC(=O)CCCCCCCCCCCCCCC)CC3(C)C)O[C@]2(C)C1. The van der Waals surface area contributed by atoms with Crippen LogP contribution in [0, 0.1) is 16.7 Å². The van der Waals surface area contributed by atoms with E-state index in [2.05, 4.69) is 174 Å². The van der Waals surface area contributed by atoms with Gasteiger partial charge in [-0.2, -0.15) is 0 Å². The van der Waals surface area contributed by atoms with Crippen molar-refractivity contribution in [2.24, 2.45) is 16.7 Å². The lowest BCUT2D eigenvalue weighted by atomic mass is 9.63. The molecule has 5 atom stereocenters. The molecule has 1 heterocycles. The van der Waals surface area contributed by atoms with E-state index in [-0.39, 0.29) is 46.2 Å². The highest BCUT2D eigenvalue weighted by Crippen LogP contribution is 2.66. The molecule has 1 aliphatic heterocycles. The summed E-state index contributed by atoms with van der Waals surface area (Å²) in [5.74, 6) is 0.197. The first-order valence-electron chi connectivity index (χ1n) is 31.7. The van der Waals surface area contributed by atoms with Gasteiger partial charge in [-0.1, -0.05) is 302 Å². The zero-order valence-electron chi connectivity index (χ0n) is 51.9. The zero-order chi connectivity index (χ0) is 56.4.